The van der Waals surface area contributed by atoms with Crippen LogP contribution in [-0.4, -0.2) is 20.0 Å². The first-order chi connectivity index (χ1) is 13.2. The minimum atomic E-state index is 0.791. The van der Waals surface area contributed by atoms with Crippen molar-refractivity contribution in [2.75, 3.05) is 0 Å². The van der Waals surface area contributed by atoms with Gasteiger partial charge in [0.15, 0.2) is 0 Å². The van der Waals surface area contributed by atoms with Gasteiger partial charge in [0.1, 0.15) is 16.7 Å². The molecule has 0 aliphatic rings. The van der Waals surface area contributed by atoms with E-state index >= 15 is 0 Å². The average Bonchev–Trinajstić information content (AvgIpc) is 3.09. The fourth-order valence-corrected chi connectivity index (χ4v) is 3.71. The van der Waals surface area contributed by atoms with Gasteiger partial charge in [-0.15, -0.1) is 10.2 Å². The minimum Gasteiger partial charge on any atom is -0.230 e. The Hall–Kier alpha value is -2.57. The molecule has 4 nitrogen and oxygen atoms in total. The van der Waals surface area contributed by atoms with E-state index in [1.165, 1.54) is 0 Å². The van der Waals surface area contributed by atoms with Crippen LogP contribution in [0.1, 0.15) is 0 Å². The number of fused-ring (bicyclic) bond motifs is 3. The lowest BCUT2D eigenvalue weighted by atomic mass is 10.1. The van der Waals surface area contributed by atoms with Gasteiger partial charge in [0.25, 0.3) is 0 Å². The lowest BCUT2D eigenvalue weighted by Gasteiger charge is -2.05. The average molecular weight is 480 g/mol. The molecule has 0 fully saturated rings. The molecule has 6 heteroatoms. The standard InChI is InChI=1S/C21H12Br2N4/c22-14-7-5-13(6-8-14)19-20-21(17-3-1-2-4-18(17)24-25-20)27(26-19)16-11-9-15(23)10-12-16/h1-12H. The topological polar surface area (TPSA) is 43.6 Å². The van der Waals surface area contributed by atoms with Gasteiger partial charge in [-0.25, -0.2) is 4.68 Å². The summed E-state index contributed by atoms with van der Waals surface area (Å²) in [6.07, 6.45) is 0. The number of aromatic nitrogens is 4. The van der Waals surface area contributed by atoms with Gasteiger partial charge in [-0.05, 0) is 42.5 Å². The van der Waals surface area contributed by atoms with E-state index in [1.807, 2.05) is 71.4 Å². The summed E-state index contributed by atoms with van der Waals surface area (Å²) in [5, 5.41) is 14.9. The van der Waals surface area contributed by atoms with Crippen molar-refractivity contribution in [3.8, 4) is 16.9 Å². The summed E-state index contributed by atoms with van der Waals surface area (Å²) in [5.74, 6) is 0. The highest BCUT2D eigenvalue weighted by Gasteiger charge is 2.18. The number of hydrogen-bond donors (Lipinski definition) is 0. The molecule has 5 rings (SSSR count). The molecule has 0 saturated carbocycles. The van der Waals surface area contributed by atoms with Gasteiger partial charge in [-0.1, -0.05) is 62.2 Å². The van der Waals surface area contributed by atoms with Crippen molar-refractivity contribution in [1.82, 2.24) is 20.0 Å². The molecule has 2 aromatic heterocycles. The van der Waals surface area contributed by atoms with Crippen molar-refractivity contribution in [1.29, 1.82) is 0 Å². The molecule has 0 unspecified atom stereocenters. The Morgan fingerprint density at radius 1 is 0.704 bits per heavy atom. The summed E-state index contributed by atoms with van der Waals surface area (Å²) in [6.45, 7) is 0. The summed E-state index contributed by atoms with van der Waals surface area (Å²) in [7, 11) is 0. The molecule has 27 heavy (non-hydrogen) atoms. The van der Waals surface area contributed by atoms with Gasteiger partial charge < -0.3 is 0 Å². The van der Waals surface area contributed by atoms with Crippen LogP contribution in [0, 0.1) is 0 Å². The molecule has 0 bridgehead atoms. The molecular formula is C21H12Br2N4. The van der Waals surface area contributed by atoms with Crippen LogP contribution in [0.4, 0.5) is 0 Å². The molecule has 0 aliphatic carbocycles. The zero-order valence-corrected chi connectivity index (χ0v) is 17.1. The summed E-state index contributed by atoms with van der Waals surface area (Å²) >= 11 is 6.99. The van der Waals surface area contributed by atoms with Gasteiger partial charge >= 0.3 is 0 Å². The van der Waals surface area contributed by atoms with Gasteiger partial charge in [-0.3, -0.25) is 0 Å². The fraction of sp³-hybridized carbons (Fsp3) is 0. The van der Waals surface area contributed by atoms with E-state index in [-0.39, 0.29) is 0 Å². The molecule has 0 radical (unpaired) electrons. The fourth-order valence-electron chi connectivity index (χ4n) is 3.18. The Morgan fingerprint density at radius 3 is 2.11 bits per heavy atom. The van der Waals surface area contributed by atoms with E-state index in [4.69, 9.17) is 5.10 Å². The van der Waals surface area contributed by atoms with Gasteiger partial charge in [-0.2, -0.15) is 5.10 Å². The van der Waals surface area contributed by atoms with E-state index < -0.39 is 0 Å². The van der Waals surface area contributed by atoms with Crippen molar-refractivity contribution in [2.24, 2.45) is 0 Å². The second kappa shape index (κ2) is 6.55. The Balaban J connectivity index is 1.88. The summed E-state index contributed by atoms with van der Waals surface area (Å²) < 4.78 is 4.01. The quantitative estimate of drug-likeness (QED) is 0.304. The maximum absolute atomic E-state index is 4.92. The molecule has 2 heterocycles. The summed E-state index contributed by atoms with van der Waals surface area (Å²) in [4.78, 5) is 0. The van der Waals surface area contributed by atoms with Crippen molar-refractivity contribution >= 4 is 53.8 Å². The van der Waals surface area contributed by atoms with E-state index in [9.17, 15) is 0 Å². The molecule has 0 N–H and O–H groups in total. The molecule has 130 valence electrons. The molecule has 5 aromatic rings. The predicted molar refractivity (Wildman–Crippen MR) is 115 cm³/mol. The van der Waals surface area contributed by atoms with Crippen LogP contribution in [0.5, 0.6) is 0 Å². The van der Waals surface area contributed by atoms with Crippen LogP contribution in [0.15, 0.2) is 81.7 Å². The largest absolute Gasteiger partial charge is 0.230 e. The van der Waals surface area contributed by atoms with Crippen LogP contribution >= 0.6 is 31.9 Å². The van der Waals surface area contributed by atoms with E-state index in [2.05, 4.69) is 48.1 Å². The van der Waals surface area contributed by atoms with E-state index in [0.717, 1.165) is 47.8 Å². The molecule has 0 aliphatic heterocycles. The molecule has 0 saturated heterocycles. The normalized spacial score (nSPS) is 11.3. The second-order valence-electron chi connectivity index (χ2n) is 6.16. The molecular weight excluding hydrogens is 468 g/mol. The second-order valence-corrected chi connectivity index (χ2v) is 7.99. The lowest BCUT2D eigenvalue weighted by molar-refractivity contribution is 0.917. The SMILES string of the molecule is Brc1ccc(-c2nn(-c3ccc(Br)cc3)c3c2nnc2ccccc23)cc1. The number of benzene rings is 3. The Bertz CT molecular complexity index is 1280. The number of nitrogens with zero attached hydrogens (tertiary/aromatic N) is 4. The maximum atomic E-state index is 4.92. The first kappa shape index (κ1) is 16.6. The smallest absolute Gasteiger partial charge is 0.140 e. The molecule has 0 atom stereocenters. The van der Waals surface area contributed by atoms with E-state index in [1.54, 1.807) is 0 Å². The highest BCUT2D eigenvalue weighted by atomic mass is 79.9. The molecule has 3 aromatic carbocycles. The van der Waals surface area contributed by atoms with Crippen LogP contribution in [0.25, 0.3) is 38.9 Å². The monoisotopic (exact) mass is 478 g/mol. The predicted octanol–water partition coefficient (Wildman–Crippen LogP) is 6.16. The third-order valence-electron chi connectivity index (χ3n) is 4.47. The van der Waals surface area contributed by atoms with Gasteiger partial charge in [0.2, 0.25) is 0 Å². The van der Waals surface area contributed by atoms with Crippen LogP contribution in [-0.2, 0) is 0 Å². The van der Waals surface area contributed by atoms with Crippen LogP contribution in [0.3, 0.4) is 0 Å². The zero-order chi connectivity index (χ0) is 18.4. The van der Waals surface area contributed by atoms with Crippen LogP contribution < -0.4 is 0 Å². The highest BCUT2D eigenvalue weighted by Crippen LogP contribution is 2.32. The van der Waals surface area contributed by atoms with Crippen molar-refractivity contribution in [3.63, 3.8) is 0 Å². The Labute approximate surface area is 172 Å². The maximum Gasteiger partial charge on any atom is 0.140 e. The highest BCUT2D eigenvalue weighted by molar-refractivity contribution is 9.10. The van der Waals surface area contributed by atoms with Gasteiger partial charge in [0, 0.05) is 19.9 Å². The van der Waals surface area contributed by atoms with Crippen molar-refractivity contribution in [3.05, 3.63) is 81.7 Å². The third-order valence-corrected chi connectivity index (χ3v) is 5.52. The number of hydrogen-bond acceptors (Lipinski definition) is 3. The van der Waals surface area contributed by atoms with E-state index in [0.29, 0.717) is 0 Å². The minimum absolute atomic E-state index is 0.791. The van der Waals surface area contributed by atoms with Crippen molar-refractivity contribution in [2.45, 2.75) is 0 Å². The summed E-state index contributed by atoms with van der Waals surface area (Å²) in [5.41, 5.74) is 5.40. The molecule has 0 amide bonds. The summed E-state index contributed by atoms with van der Waals surface area (Å²) in [6, 6.07) is 24.2. The third kappa shape index (κ3) is 2.85. The Morgan fingerprint density at radius 2 is 1.37 bits per heavy atom. The number of halogens is 2. The lowest BCUT2D eigenvalue weighted by Crippen LogP contribution is -1.97. The number of rotatable bonds is 2. The molecule has 0 spiro atoms. The first-order valence-corrected chi connectivity index (χ1v) is 9.95. The van der Waals surface area contributed by atoms with Crippen molar-refractivity contribution < 1.29 is 0 Å². The van der Waals surface area contributed by atoms with Crippen LogP contribution in [0.2, 0.25) is 0 Å². The van der Waals surface area contributed by atoms with Gasteiger partial charge in [0.05, 0.1) is 11.2 Å². The zero-order valence-electron chi connectivity index (χ0n) is 14.0. The first-order valence-electron chi connectivity index (χ1n) is 8.37. The Kier molecular flexibility index (Phi) is 4.02.